The molecule has 0 aliphatic heterocycles. The quantitative estimate of drug-likeness (QED) is 0.291. The van der Waals surface area contributed by atoms with Crippen molar-refractivity contribution in [1.82, 2.24) is 20.2 Å². The number of nitrogens with zero attached hydrogens (tertiary/aromatic N) is 4. The van der Waals surface area contributed by atoms with Crippen LogP contribution in [0.15, 0.2) is 63.7 Å². The Morgan fingerprint density at radius 1 is 1.15 bits per heavy atom. The molecule has 3 aromatic heterocycles. The molecule has 1 amide bonds. The Morgan fingerprint density at radius 3 is 2.85 bits per heavy atom. The summed E-state index contributed by atoms with van der Waals surface area (Å²) in [5, 5.41) is 12.5. The minimum absolute atomic E-state index is 0.0717. The maximum atomic E-state index is 12.5. The van der Waals surface area contributed by atoms with E-state index in [2.05, 4.69) is 15.2 Å². The highest BCUT2D eigenvalue weighted by atomic mass is 32.2. The third-order valence-corrected chi connectivity index (χ3v) is 7.16. The Balaban J connectivity index is 1.32. The summed E-state index contributed by atoms with van der Waals surface area (Å²) >= 11 is 2.87. The molecule has 166 valence electrons. The second-order valence-corrected chi connectivity index (χ2v) is 9.37. The monoisotopic (exact) mass is 475 g/mol. The highest BCUT2D eigenvalue weighted by Gasteiger charge is 2.21. The van der Waals surface area contributed by atoms with Crippen LogP contribution in [0.2, 0.25) is 0 Å². The summed E-state index contributed by atoms with van der Waals surface area (Å²) in [6, 6.07) is 13.9. The average Bonchev–Trinajstić information content (AvgIpc) is 3.54. The van der Waals surface area contributed by atoms with E-state index in [4.69, 9.17) is 9.40 Å². The Morgan fingerprint density at radius 2 is 2.00 bits per heavy atom. The normalized spacial score (nSPS) is 11.2. The number of anilines is 2. The first-order valence-electron chi connectivity index (χ1n) is 10.4. The number of carbonyl (C=O) groups is 1. The lowest BCUT2D eigenvalue weighted by atomic mass is 10.1. The molecule has 0 fully saturated rings. The topological polar surface area (TPSA) is 87.9 Å². The van der Waals surface area contributed by atoms with Crippen LogP contribution < -0.4 is 4.90 Å². The fourth-order valence-corrected chi connectivity index (χ4v) is 5.25. The molecular weight excluding hydrogens is 454 g/mol. The number of aromatic nitrogens is 4. The van der Waals surface area contributed by atoms with Crippen LogP contribution in [-0.2, 0) is 10.5 Å². The van der Waals surface area contributed by atoms with Crippen molar-refractivity contribution in [3.63, 3.8) is 0 Å². The second-order valence-electron chi connectivity index (χ2n) is 7.60. The Labute approximate surface area is 198 Å². The summed E-state index contributed by atoms with van der Waals surface area (Å²) in [6.07, 6.45) is 1.88. The molecule has 0 saturated carbocycles. The van der Waals surface area contributed by atoms with E-state index in [9.17, 15) is 4.79 Å². The standard InChI is InChI=1S/C24H21N5O2S2/c1-14-7-6-10-21(15(14)2)29(16(3)30)23-26-17(12-32-23)13-33-24-28-27-22(31-24)19-11-25-20-9-5-4-8-18(19)20/h4-12,25H,13H2,1-3H3. The van der Waals surface area contributed by atoms with Gasteiger partial charge in [0.05, 0.1) is 16.9 Å². The number of rotatable bonds is 6. The van der Waals surface area contributed by atoms with Crippen LogP contribution in [-0.4, -0.2) is 26.1 Å². The summed E-state index contributed by atoms with van der Waals surface area (Å²) in [6.45, 7) is 5.62. The van der Waals surface area contributed by atoms with E-state index < -0.39 is 0 Å². The Kier molecular flexibility index (Phi) is 5.74. The predicted molar refractivity (Wildman–Crippen MR) is 132 cm³/mol. The molecule has 7 nitrogen and oxygen atoms in total. The van der Waals surface area contributed by atoms with Crippen molar-refractivity contribution < 1.29 is 9.21 Å². The lowest BCUT2D eigenvalue weighted by Gasteiger charge is -2.21. The van der Waals surface area contributed by atoms with Gasteiger partial charge in [-0.1, -0.05) is 42.1 Å². The SMILES string of the molecule is CC(=O)N(c1nc(CSc2nnc(-c3c[nH]c4ccccc34)o2)cs1)c1cccc(C)c1C. The van der Waals surface area contributed by atoms with Gasteiger partial charge in [0, 0.05) is 35.2 Å². The molecule has 0 bridgehead atoms. The molecule has 5 aromatic rings. The first-order chi connectivity index (χ1) is 16.0. The number of fused-ring (bicyclic) bond motifs is 1. The molecule has 0 unspecified atom stereocenters. The lowest BCUT2D eigenvalue weighted by molar-refractivity contribution is -0.115. The van der Waals surface area contributed by atoms with Crippen LogP contribution in [0.4, 0.5) is 10.8 Å². The summed E-state index contributed by atoms with van der Waals surface area (Å²) in [7, 11) is 0. The highest BCUT2D eigenvalue weighted by molar-refractivity contribution is 7.98. The predicted octanol–water partition coefficient (Wildman–Crippen LogP) is 6.27. The summed E-state index contributed by atoms with van der Waals surface area (Å²) in [5.41, 5.74) is 5.81. The fraction of sp³-hybridized carbons (Fsp3) is 0.167. The number of aromatic amines is 1. The maximum Gasteiger partial charge on any atom is 0.277 e. The molecule has 2 aromatic carbocycles. The third kappa shape index (κ3) is 4.17. The molecule has 0 aliphatic rings. The molecule has 1 N–H and O–H groups in total. The summed E-state index contributed by atoms with van der Waals surface area (Å²) in [4.78, 5) is 22.0. The van der Waals surface area contributed by atoms with Crippen molar-refractivity contribution in [2.24, 2.45) is 0 Å². The lowest BCUT2D eigenvalue weighted by Crippen LogP contribution is -2.23. The van der Waals surface area contributed by atoms with E-state index in [1.807, 2.05) is 67.9 Å². The Bertz CT molecular complexity index is 1450. The number of nitrogens with one attached hydrogen (secondary N) is 1. The van der Waals surface area contributed by atoms with Gasteiger partial charge < -0.3 is 9.40 Å². The van der Waals surface area contributed by atoms with E-state index >= 15 is 0 Å². The molecule has 0 aliphatic carbocycles. The van der Waals surface area contributed by atoms with Crippen LogP contribution in [0.3, 0.4) is 0 Å². The first kappa shape index (κ1) is 21.4. The molecule has 5 rings (SSSR count). The zero-order valence-corrected chi connectivity index (χ0v) is 20.0. The van der Waals surface area contributed by atoms with Crippen molar-refractivity contribution in [2.45, 2.75) is 31.7 Å². The minimum atomic E-state index is -0.0717. The van der Waals surface area contributed by atoms with Crippen molar-refractivity contribution in [2.75, 3.05) is 4.90 Å². The van der Waals surface area contributed by atoms with Crippen molar-refractivity contribution in [3.8, 4) is 11.5 Å². The van der Waals surface area contributed by atoms with Gasteiger partial charge in [0.2, 0.25) is 5.91 Å². The van der Waals surface area contributed by atoms with Gasteiger partial charge in [0.15, 0.2) is 5.13 Å². The average molecular weight is 476 g/mol. The van der Waals surface area contributed by atoms with Gasteiger partial charge in [-0.25, -0.2) is 4.98 Å². The molecular formula is C24H21N5O2S2. The second kappa shape index (κ2) is 8.84. The van der Waals surface area contributed by atoms with Gasteiger partial charge >= 0.3 is 0 Å². The van der Waals surface area contributed by atoms with Gasteiger partial charge in [-0.05, 0) is 37.1 Å². The number of para-hydroxylation sites is 1. The van der Waals surface area contributed by atoms with E-state index in [1.165, 1.54) is 23.1 Å². The number of hydrogen-bond acceptors (Lipinski definition) is 7. The maximum absolute atomic E-state index is 12.5. The number of hydrogen-bond donors (Lipinski definition) is 1. The zero-order chi connectivity index (χ0) is 22.9. The van der Waals surface area contributed by atoms with Crippen LogP contribution in [0.25, 0.3) is 22.4 Å². The summed E-state index contributed by atoms with van der Waals surface area (Å²) in [5.74, 6) is 0.967. The molecule has 9 heteroatoms. The van der Waals surface area contributed by atoms with Crippen LogP contribution in [0, 0.1) is 13.8 Å². The van der Waals surface area contributed by atoms with Gasteiger partial charge in [0.1, 0.15) is 0 Å². The number of carbonyl (C=O) groups excluding carboxylic acids is 1. The molecule has 0 atom stereocenters. The van der Waals surface area contributed by atoms with Crippen molar-refractivity contribution in [1.29, 1.82) is 0 Å². The molecule has 3 heterocycles. The van der Waals surface area contributed by atoms with Crippen molar-refractivity contribution >= 4 is 50.7 Å². The number of amides is 1. The fourth-order valence-electron chi connectivity index (χ4n) is 3.61. The van der Waals surface area contributed by atoms with E-state index in [0.717, 1.165) is 39.0 Å². The number of H-pyrrole nitrogens is 1. The highest BCUT2D eigenvalue weighted by Crippen LogP contribution is 2.34. The molecule has 0 saturated heterocycles. The van der Waals surface area contributed by atoms with E-state index in [0.29, 0.717) is 22.0 Å². The zero-order valence-electron chi connectivity index (χ0n) is 18.3. The van der Waals surface area contributed by atoms with Gasteiger partial charge in [-0.3, -0.25) is 9.69 Å². The Hall–Kier alpha value is -3.43. The summed E-state index contributed by atoms with van der Waals surface area (Å²) < 4.78 is 5.88. The van der Waals surface area contributed by atoms with Gasteiger partial charge in [-0.15, -0.1) is 21.5 Å². The van der Waals surface area contributed by atoms with Gasteiger partial charge in [0.25, 0.3) is 11.1 Å². The number of thiazole rings is 1. The number of thioether (sulfide) groups is 1. The van der Waals surface area contributed by atoms with Crippen molar-refractivity contribution in [3.05, 3.63) is 70.9 Å². The number of benzene rings is 2. The smallest absolute Gasteiger partial charge is 0.277 e. The van der Waals surface area contributed by atoms with Crippen LogP contribution in [0.5, 0.6) is 0 Å². The number of aryl methyl sites for hydroxylation is 1. The largest absolute Gasteiger partial charge is 0.411 e. The van der Waals surface area contributed by atoms with E-state index in [1.54, 1.807) is 11.8 Å². The van der Waals surface area contributed by atoms with Crippen LogP contribution >= 0.6 is 23.1 Å². The molecule has 0 radical (unpaired) electrons. The van der Waals surface area contributed by atoms with E-state index in [-0.39, 0.29) is 5.91 Å². The van der Waals surface area contributed by atoms with Crippen LogP contribution in [0.1, 0.15) is 23.7 Å². The molecule has 0 spiro atoms. The first-order valence-corrected chi connectivity index (χ1v) is 12.2. The third-order valence-electron chi connectivity index (χ3n) is 5.43. The van der Waals surface area contributed by atoms with Gasteiger partial charge in [-0.2, -0.15) is 0 Å². The molecule has 33 heavy (non-hydrogen) atoms. The minimum Gasteiger partial charge on any atom is -0.411 e.